The van der Waals surface area contributed by atoms with Crippen LogP contribution in [0.2, 0.25) is 0 Å². The fourth-order valence-corrected chi connectivity index (χ4v) is 4.02. The molecule has 122 valence electrons. The molecule has 0 unspecified atom stereocenters. The summed E-state index contributed by atoms with van der Waals surface area (Å²) in [6.07, 6.45) is 5.95. The van der Waals surface area contributed by atoms with Crippen molar-refractivity contribution in [2.24, 2.45) is 10.7 Å². The second kappa shape index (κ2) is 7.95. The van der Waals surface area contributed by atoms with Gasteiger partial charge in [-0.1, -0.05) is 19.3 Å². The van der Waals surface area contributed by atoms with Crippen LogP contribution < -0.4 is 11.1 Å². The zero-order valence-electron chi connectivity index (χ0n) is 12.5. The van der Waals surface area contributed by atoms with Crippen LogP contribution in [0.3, 0.4) is 0 Å². The quantitative estimate of drug-likeness (QED) is 0.544. The van der Waals surface area contributed by atoms with Gasteiger partial charge in [0.1, 0.15) is 0 Å². The van der Waals surface area contributed by atoms with Gasteiger partial charge in [0.05, 0.1) is 25.5 Å². The number of rotatable bonds is 5. The molecule has 7 nitrogen and oxygen atoms in total. The van der Waals surface area contributed by atoms with Gasteiger partial charge in [0, 0.05) is 19.1 Å². The Morgan fingerprint density at radius 3 is 2.57 bits per heavy atom. The van der Waals surface area contributed by atoms with Crippen LogP contribution in [0, 0.1) is 0 Å². The largest absolute Gasteiger partial charge is 0.379 e. The minimum absolute atomic E-state index is 0.0000463. The van der Waals surface area contributed by atoms with Crippen molar-refractivity contribution < 1.29 is 13.2 Å². The van der Waals surface area contributed by atoms with E-state index in [1.807, 2.05) is 0 Å². The van der Waals surface area contributed by atoms with E-state index in [9.17, 15) is 8.42 Å². The van der Waals surface area contributed by atoms with Crippen molar-refractivity contribution in [3.05, 3.63) is 0 Å². The van der Waals surface area contributed by atoms with Crippen molar-refractivity contribution in [3.63, 3.8) is 0 Å². The van der Waals surface area contributed by atoms with Gasteiger partial charge in [-0.25, -0.2) is 8.42 Å². The van der Waals surface area contributed by atoms with Crippen LogP contribution in [-0.4, -0.2) is 63.3 Å². The van der Waals surface area contributed by atoms with E-state index in [-0.39, 0.29) is 12.3 Å². The van der Waals surface area contributed by atoms with Gasteiger partial charge in [-0.2, -0.15) is 4.31 Å². The second-order valence-electron chi connectivity index (χ2n) is 5.57. The van der Waals surface area contributed by atoms with E-state index < -0.39 is 10.0 Å². The zero-order chi connectivity index (χ0) is 15.1. The number of morpholine rings is 1. The molecular weight excluding hydrogens is 292 g/mol. The summed E-state index contributed by atoms with van der Waals surface area (Å²) < 4.78 is 30.8. The van der Waals surface area contributed by atoms with Gasteiger partial charge in [0.25, 0.3) is 0 Å². The third-order valence-electron chi connectivity index (χ3n) is 3.95. The van der Waals surface area contributed by atoms with Crippen LogP contribution in [0.15, 0.2) is 4.99 Å². The Morgan fingerprint density at radius 1 is 1.24 bits per heavy atom. The molecule has 1 heterocycles. The van der Waals surface area contributed by atoms with E-state index >= 15 is 0 Å². The summed E-state index contributed by atoms with van der Waals surface area (Å²) in [6, 6.07) is 0.387. The summed E-state index contributed by atoms with van der Waals surface area (Å²) in [5.41, 5.74) is 5.82. The van der Waals surface area contributed by atoms with Crippen molar-refractivity contribution in [3.8, 4) is 0 Å². The minimum Gasteiger partial charge on any atom is -0.379 e. The van der Waals surface area contributed by atoms with E-state index in [4.69, 9.17) is 10.5 Å². The number of guanidine groups is 1. The van der Waals surface area contributed by atoms with Crippen LogP contribution >= 0.6 is 0 Å². The normalized spacial score (nSPS) is 23.1. The molecular formula is C13H26N4O3S. The number of nitrogens with one attached hydrogen (secondary N) is 1. The first-order valence-corrected chi connectivity index (χ1v) is 9.31. The summed E-state index contributed by atoms with van der Waals surface area (Å²) in [7, 11) is -3.25. The van der Waals surface area contributed by atoms with Gasteiger partial charge >= 0.3 is 0 Å². The monoisotopic (exact) mass is 318 g/mol. The molecule has 0 amide bonds. The van der Waals surface area contributed by atoms with Crippen molar-refractivity contribution in [1.82, 2.24) is 9.62 Å². The predicted molar refractivity (Wildman–Crippen MR) is 82.7 cm³/mol. The Kier molecular flexibility index (Phi) is 6.25. The number of sulfonamides is 1. The summed E-state index contributed by atoms with van der Waals surface area (Å²) in [5.74, 6) is 0.360. The molecule has 0 aromatic rings. The van der Waals surface area contributed by atoms with Gasteiger partial charge < -0.3 is 15.8 Å². The molecule has 0 aromatic heterocycles. The van der Waals surface area contributed by atoms with E-state index in [0.717, 1.165) is 12.8 Å². The lowest BCUT2D eigenvalue weighted by Crippen LogP contribution is -2.43. The van der Waals surface area contributed by atoms with Crippen LogP contribution in [0.5, 0.6) is 0 Å². The number of hydrogen-bond donors (Lipinski definition) is 2. The molecule has 1 saturated heterocycles. The average molecular weight is 318 g/mol. The van der Waals surface area contributed by atoms with Gasteiger partial charge in [0.15, 0.2) is 5.96 Å². The highest BCUT2D eigenvalue weighted by atomic mass is 32.2. The molecule has 8 heteroatoms. The number of aliphatic imine (C=N–C) groups is 1. The van der Waals surface area contributed by atoms with E-state index in [0.29, 0.717) is 38.3 Å². The average Bonchev–Trinajstić information content (AvgIpc) is 2.49. The van der Waals surface area contributed by atoms with Gasteiger partial charge in [-0.3, -0.25) is 4.99 Å². The second-order valence-corrected chi connectivity index (χ2v) is 7.66. The molecule has 2 fully saturated rings. The summed E-state index contributed by atoms with van der Waals surface area (Å²) >= 11 is 0. The minimum atomic E-state index is -3.25. The number of hydrogen-bond acceptors (Lipinski definition) is 4. The lowest BCUT2D eigenvalue weighted by Gasteiger charge is -2.25. The molecule has 1 saturated carbocycles. The summed E-state index contributed by atoms with van der Waals surface area (Å²) in [5, 5.41) is 3.18. The molecule has 0 atom stereocenters. The standard InChI is InChI=1S/C13H26N4O3S/c14-13(16-12-4-2-1-3-5-12)15-6-11-21(18,19)17-7-9-20-10-8-17/h12H,1-11H2,(H3,14,15,16). The first kappa shape index (κ1) is 16.5. The molecule has 3 N–H and O–H groups in total. The lowest BCUT2D eigenvalue weighted by atomic mass is 9.96. The third-order valence-corrected chi connectivity index (χ3v) is 5.80. The van der Waals surface area contributed by atoms with Crippen molar-refractivity contribution in [2.45, 2.75) is 38.1 Å². The highest BCUT2D eigenvalue weighted by Gasteiger charge is 2.23. The fourth-order valence-electron chi connectivity index (χ4n) is 2.74. The first-order valence-electron chi connectivity index (χ1n) is 7.70. The molecule has 2 aliphatic rings. The predicted octanol–water partition coefficient (Wildman–Crippen LogP) is -0.115. The maximum Gasteiger partial charge on any atom is 0.216 e. The van der Waals surface area contributed by atoms with Crippen LogP contribution in [0.1, 0.15) is 32.1 Å². The van der Waals surface area contributed by atoms with E-state index in [1.54, 1.807) is 0 Å². The van der Waals surface area contributed by atoms with Crippen LogP contribution in [0.4, 0.5) is 0 Å². The molecule has 1 aliphatic heterocycles. The number of nitrogens with two attached hydrogens (primary N) is 1. The Labute approximate surface area is 127 Å². The van der Waals surface area contributed by atoms with Crippen LogP contribution in [0.25, 0.3) is 0 Å². The molecule has 1 aliphatic carbocycles. The SMILES string of the molecule is NC(=NCCS(=O)(=O)N1CCOCC1)NC1CCCCC1. The fraction of sp³-hybridized carbons (Fsp3) is 0.923. The maximum absolute atomic E-state index is 12.1. The first-order chi connectivity index (χ1) is 10.1. The van der Waals surface area contributed by atoms with Crippen molar-refractivity contribution in [2.75, 3.05) is 38.6 Å². The summed E-state index contributed by atoms with van der Waals surface area (Å²) in [4.78, 5) is 4.14. The van der Waals surface area contributed by atoms with Gasteiger partial charge in [0.2, 0.25) is 10.0 Å². The third kappa shape index (κ3) is 5.44. The topological polar surface area (TPSA) is 97.0 Å². The summed E-state index contributed by atoms with van der Waals surface area (Å²) in [6.45, 7) is 2.00. The van der Waals surface area contributed by atoms with E-state index in [2.05, 4.69) is 10.3 Å². The Hall–Kier alpha value is -0.860. The van der Waals surface area contributed by atoms with Crippen molar-refractivity contribution >= 4 is 16.0 Å². The highest BCUT2D eigenvalue weighted by molar-refractivity contribution is 7.89. The number of ether oxygens (including phenoxy) is 1. The number of nitrogens with zero attached hydrogens (tertiary/aromatic N) is 2. The Morgan fingerprint density at radius 2 is 1.90 bits per heavy atom. The maximum atomic E-state index is 12.1. The Bertz CT molecular complexity index is 440. The zero-order valence-corrected chi connectivity index (χ0v) is 13.3. The molecule has 0 bridgehead atoms. The van der Waals surface area contributed by atoms with Crippen LogP contribution in [-0.2, 0) is 14.8 Å². The van der Waals surface area contributed by atoms with Gasteiger partial charge in [-0.15, -0.1) is 0 Å². The van der Waals surface area contributed by atoms with Gasteiger partial charge in [-0.05, 0) is 12.8 Å². The van der Waals surface area contributed by atoms with E-state index in [1.165, 1.54) is 23.6 Å². The highest BCUT2D eigenvalue weighted by Crippen LogP contribution is 2.17. The lowest BCUT2D eigenvalue weighted by molar-refractivity contribution is 0.0731. The molecule has 2 rings (SSSR count). The Balaban J connectivity index is 1.74. The molecule has 0 radical (unpaired) electrons. The molecule has 0 aromatic carbocycles. The smallest absolute Gasteiger partial charge is 0.216 e. The van der Waals surface area contributed by atoms with Crippen molar-refractivity contribution in [1.29, 1.82) is 0 Å². The molecule has 0 spiro atoms. The molecule has 21 heavy (non-hydrogen) atoms.